The van der Waals surface area contributed by atoms with Crippen LogP contribution in [0.4, 0.5) is 13.2 Å². The van der Waals surface area contributed by atoms with Crippen molar-refractivity contribution in [1.82, 2.24) is 5.32 Å². The van der Waals surface area contributed by atoms with Crippen molar-refractivity contribution in [2.75, 3.05) is 13.7 Å². The van der Waals surface area contributed by atoms with Gasteiger partial charge in [0.25, 0.3) is 0 Å². The molecule has 1 aliphatic heterocycles. The Bertz CT molecular complexity index is 447. The zero-order valence-electron chi connectivity index (χ0n) is 11.1. The van der Waals surface area contributed by atoms with E-state index in [-0.39, 0.29) is 6.04 Å². The lowest BCUT2D eigenvalue weighted by Gasteiger charge is -2.39. The number of halogens is 3. The molecule has 1 aromatic carbocycles. The first kappa shape index (κ1) is 14.3. The van der Waals surface area contributed by atoms with E-state index in [2.05, 4.69) is 5.32 Å². The van der Waals surface area contributed by atoms with Crippen LogP contribution in [0.2, 0.25) is 0 Å². The molecule has 2 atom stereocenters. The summed E-state index contributed by atoms with van der Waals surface area (Å²) in [5.74, 6) is 0. The van der Waals surface area contributed by atoms with Gasteiger partial charge in [0.05, 0.1) is 11.2 Å². The summed E-state index contributed by atoms with van der Waals surface area (Å²) in [6, 6.07) is 5.69. The lowest BCUT2D eigenvalue weighted by molar-refractivity contribution is -0.138. The van der Waals surface area contributed by atoms with Gasteiger partial charge in [0.15, 0.2) is 0 Å². The summed E-state index contributed by atoms with van der Waals surface area (Å²) in [6.07, 6.45) is -2.76. The average Bonchev–Trinajstić information content (AvgIpc) is 2.38. The molecule has 1 fully saturated rings. The van der Waals surface area contributed by atoms with Crippen LogP contribution in [0.25, 0.3) is 0 Å². The number of ether oxygens (including phenoxy) is 1. The Morgan fingerprint density at radius 2 is 2.11 bits per heavy atom. The Morgan fingerprint density at radius 1 is 1.37 bits per heavy atom. The maximum Gasteiger partial charge on any atom is 0.416 e. The van der Waals surface area contributed by atoms with Crippen LogP contribution in [-0.4, -0.2) is 19.7 Å². The first-order valence-corrected chi connectivity index (χ1v) is 6.34. The van der Waals surface area contributed by atoms with E-state index in [1.807, 2.05) is 14.0 Å². The number of alkyl halides is 3. The van der Waals surface area contributed by atoms with Crippen molar-refractivity contribution in [3.8, 4) is 0 Å². The lowest BCUT2D eigenvalue weighted by Crippen LogP contribution is -2.42. The Kier molecular flexibility index (Phi) is 3.87. The lowest BCUT2D eigenvalue weighted by atomic mass is 9.85. The molecular weight excluding hydrogens is 255 g/mol. The molecule has 106 valence electrons. The van der Waals surface area contributed by atoms with Crippen LogP contribution >= 0.6 is 0 Å². The topological polar surface area (TPSA) is 21.3 Å². The second-order valence-electron chi connectivity index (χ2n) is 5.14. The maximum atomic E-state index is 12.7. The molecule has 19 heavy (non-hydrogen) atoms. The van der Waals surface area contributed by atoms with Gasteiger partial charge in [-0.15, -0.1) is 0 Å². The zero-order chi connectivity index (χ0) is 14.1. The predicted octanol–water partition coefficient (Wildman–Crippen LogP) is 3.32. The molecule has 2 nitrogen and oxygen atoms in total. The van der Waals surface area contributed by atoms with Gasteiger partial charge in [-0.25, -0.2) is 0 Å². The van der Waals surface area contributed by atoms with Crippen LogP contribution in [0.5, 0.6) is 0 Å². The summed E-state index contributed by atoms with van der Waals surface area (Å²) in [6.45, 7) is 2.41. The standard InChI is InChI=1S/C14H18F3NO/c1-13(9-12(18-2)6-7-19-13)10-4-3-5-11(8-10)14(15,16)17/h3-5,8,12,18H,6-7,9H2,1-2H3. The van der Waals surface area contributed by atoms with Gasteiger partial charge in [0.1, 0.15) is 0 Å². The smallest absolute Gasteiger partial charge is 0.370 e. The van der Waals surface area contributed by atoms with Gasteiger partial charge in [-0.05, 0) is 44.5 Å². The minimum Gasteiger partial charge on any atom is -0.370 e. The van der Waals surface area contributed by atoms with Crippen molar-refractivity contribution in [1.29, 1.82) is 0 Å². The molecule has 1 saturated heterocycles. The molecule has 2 rings (SSSR count). The van der Waals surface area contributed by atoms with E-state index in [1.54, 1.807) is 6.07 Å². The largest absolute Gasteiger partial charge is 0.416 e. The summed E-state index contributed by atoms with van der Waals surface area (Å²) >= 11 is 0. The van der Waals surface area contributed by atoms with Gasteiger partial charge in [-0.3, -0.25) is 0 Å². The SMILES string of the molecule is CNC1CCOC(C)(c2cccc(C(F)(F)F)c2)C1. The third-order valence-electron chi connectivity index (χ3n) is 3.73. The summed E-state index contributed by atoms with van der Waals surface area (Å²) < 4.78 is 44.0. The average molecular weight is 273 g/mol. The molecule has 0 amide bonds. The van der Waals surface area contributed by atoms with Crippen molar-refractivity contribution in [2.24, 2.45) is 0 Å². The Morgan fingerprint density at radius 3 is 2.74 bits per heavy atom. The molecular formula is C14H18F3NO. The minimum absolute atomic E-state index is 0.272. The van der Waals surface area contributed by atoms with E-state index >= 15 is 0 Å². The molecule has 2 unspecified atom stereocenters. The Hall–Kier alpha value is -1.07. The van der Waals surface area contributed by atoms with Crippen LogP contribution in [0.3, 0.4) is 0 Å². The molecule has 1 heterocycles. The summed E-state index contributed by atoms with van der Waals surface area (Å²) in [5, 5.41) is 3.17. The molecule has 1 aliphatic rings. The van der Waals surface area contributed by atoms with E-state index in [4.69, 9.17) is 4.74 Å². The van der Waals surface area contributed by atoms with Crippen molar-refractivity contribution in [3.63, 3.8) is 0 Å². The third kappa shape index (κ3) is 3.09. The summed E-state index contributed by atoms with van der Waals surface area (Å²) in [7, 11) is 1.86. The minimum atomic E-state index is -4.32. The molecule has 1 aromatic rings. The zero-order valence-corrected chi connectivity index (χ0v) is 11.1. The van der Waals surface area contributed by atoms with Crippen LogP contribution in [0.15, 0.2) is 24.3 Å². The monoisotopic (exact) mass is 273 g/mol. The molecule has 0 saturated carbocycles. The summed E-state index contributed by atoms with van der Waals surface area (Å²) in [5.41, 5.74) is -0.698. The maximum absolute atomic E-state index is 12.7. The van der Waals surface area contributed by atoms with Gasteiger partial charge < -0.3 is 10.1 Å². The molecule has 0 bridgehead atoms. The highest BCUT2D eigenvalue weighted by atomic mass is 19.4. The predicted molar refractivity (Wildman–Crippen MR) is 66.8 cm³/mol. The fourth-order valence-electron chi connectivity index (χ4n) is 2.53. The van der Waals surface area contributed by atoms with E-state index < -0.39 is 17.3 Å². The highest BCUT2D eigenvalue weighted by molar-refractivity contribution is 5.30. The van der Waals surface area contributed by atoms with Gasteiger partial charge in [-0.2, -0.15) is 13.2 Å². The van der Waals surface area contributed by atoms with Crippen LogP contribution in [0.1, 0.15) is 30.9 Å². The van der Waals surface area contributed by atoms with Gasteiger partial charge >= 0.3 is 6.18 Å². The highest BCUT2D eigenvalue weighted by Gasteiger charge is 2.37. The van der Waals surface area contributed by atoms with Crippen molar-refractivity contribution in [2.45, 2.75) is 37.6 Å². The number of hydrogen-bond acceptors (Lipinski definition) is 2. The molecule has 0 radical (unpaired) electrons. The van der Waals surface area contributed by atoms with E-state index in [1.165, 1.54) is 12.1 Å². The molecule has 0 spiro atoms. The molecule has 0 aliphatic carbocycles. The van der Waals surface area contributed by atoms with Crippen LogP contribution in [-0.2, 0) is 16.5 Å². The van der Waals surface area contributed by atoms with Crippen LogP contribution in [0, 0.1) is 0 Å². The number of rotatable bonds is 2. The van der Waals surface area contributed by atoms with Gasteiger partial charge in [0.2, 0.25) is 0 Å². The second-order valence-corrected chi connectivity index (χ2v) is 5.14. The number of nitrogens with one attached hydrogen (secondary N) is 1. The van der Waals surface area contributed by atoms with Gasteiger partial charge in [0, 0.05) is 12.6 Å². The molecule has 1 N–H and O–H groups in total. The van der Waals surface area contributed by atoms with Crippen molar-refractivity contribution < 1.29 is 17.9 Å². The Balaban J connectivity index is 2.30. The molecule has 0 aromatic heterocycles. The third-order valence-corrected chi connectivity index (χ3v) is 3.73. The fraction of sp³-hybridized carbons (Fsp3) is 0.571. The van der Waals surface area contributed by atoms with Crippen LogP contribution < -0.4 is 5.32 Å². The molecule has 5 heteroatoms. The number of benzene rings is 1. The van der Waals surface area contributed by atoms with Crippen molar-refractivity contribution >= 4 is 0 Å². The van der Waals surface area contributed by atoms with Crippen molar-refractivity contribution in [3.05, 3.63) is 35.4 Å². The fourth-order valence-corrected chi connectivity index (χ4v) is 2.53. The summed E-state index contributed by atoms with van der Waals surface area (Å²) in [4.78, 5) is 0. The quantitative estimate of drug-likeness (QED) is 0.892. The second kappa shape index (κ2) is 5.13. The van der Waals surface area contributed by atoms with E-state index in [0.717, 1.165) is 12.5 Å². The Labute approximate surface area is 111 Å². The highest BCUT2D eigenvalue weighted by Crippen LogP contribution is 2.37. The normalized spacial score (nSPS) is 28.4. The van der Waals surface area contributed by atoms with E-state index in [0.29, 0.717) is 18.6 Å². The first-order valence-electron chi connectivity index (χ1n) is 6.34. The first-order chi connectivity index (χ1) is 8.85. The van der Waals surface area contributed by atoms with Gasteiger partial charge in [-0.1, -0.05) is 12.1 Å². The van der Waals surface area contributed by atoms with E-state index in [9.17, 15) is 13.2 Å². The number of hydrogen-bond donors (Lipinski definition) is 1.